The Labute approximate surface area is 364 Å². The quantitative estimate of drug-likeness (QED) is 0.0308. The third kappa shape index (κ3) is 11.0. The molecule has 61 heavy (non-hydrogen) atoms. The van der Waals surface area contributed by atoms with E-state index in [1.807, 2.05) is 39.1 Å². The topological polar surface area (TPSA) is 181 Å². The lowest BCUT2D eigenvalue weighted by Crippen LogP contribution is -2.65. The number of allylic oxidation sites excluding steroid dienone is 9. The van der Waals surface area contributed by atoms with Crippen molar-refractivity contribution >= 4 is 6.29 Å². The minimum atomic E-state index is -1.26. The summed E-state index contributed by atoms with van der Waals surface area (Å²) in [5, 5.41) is 73.7. The van der Waals surface area contributed by atoms with Gasteiger partial charge >= 0.3 is 0 Å². The fourth-order valence-corrected chi connectivity index (χ4v) is 11.4. The summed E-state index contributed by atoms with van der Waals surface area (Å²) < 4.78 is 11.1. The molecule has 2 fully saturated rings. The molecule has 0 radical (unpaired) electrons. The molecular weight excluding hydrogens is 773 g/mol. The normalized spacial score (nSPS) is 34.0. The number of aldehydes is 1. The lowest BCUT2D eigenvalue weighted by Gasteiger charge is -2.61. The van der Waals surface area contributed by atoms with E-state index in [1.165, 1.54) is 5.56 Å². The molecular formula is C50H74N2O9. The molecule has 0 aromatic heterocycles. The van der Waals surface area contributed by atoms with Crippen LogP contribution in [0.2, 0.25) is 0 Å². The number of aliphatic hydroxyl groups excluding tert-OH is 5. The highest BCUT2D eigenvalue weighted by atomic mass is 16.6. The van der Waals surface area contributed by atoms with Gasteiger partial charge in [-0.15, -0.1) is 0 Å². The second-order valence-corrected chi connectivity index (χ2v) is 18.3. The maximum absolute atomic E-state index is 12.9. The number of carbonyl (C=O) groups is 1. The molecule has 1 heterocycles. The molecule has 8 N–H and O–H groups in total. The number of hydrogen-bond acceptors (Lipinski definition) is 11. The predicted octanol–water partition coefficient (Wildman–Crippen LogP) is 5.02. The van der Waals surface area contributed by atoms with Gasteiger partial charge in [-0.2, -0.15) is 0 Å². The Balaban J connectivity index is 1.47. The molecule has 11 heteroatoms. The Bertz CT molecular complexity index is 1780. The highest BCUT2D eigenvalue weighted by Crippen LogP contribution is 2.67. The predicted molar refractivity (Wildman–Crippen MR) is 239 cm³/mol. The van der Waals surface area contributed by atoms with E-state index >= 15 is 0 Å². The number of carbonyl (C=O) groups excluding carboxylic acids is 1. The lowest BCUT2D eigenvalue weighted by molar-refractivity contribution is -0.194. The van der Waals surface area contributed by atoms with E-state index < -0.39 is 41.6 Å². The Morgan fingerprint density at radius 3 is 2.59 bits per heavy atom. The SMILES string of the molecule is C=C(C=CC=C(COCO)[C@H]1CC[C@]2([C@@H]1O)[C@H]1C(=C(C)C=O)[C@@H](C=C[C@H]1CCO)C[C@]2(O)CCNC)[C@H]1CC=C(C)[C@@H](O)N[C@@](CCCO)(CCOC)Cc2cccc(c2)C1. The fraction of sp³-hybridized carbons (Fsp3) is 0.620. The van der Waals surface area contributed by atoms with Gasteiger partial charge in [-0.3, -0.25) is 10.1 Å². The zero-order valence-corrected chi connectivity index (χ0v) is 37.0. The Hall–Kier alpha value is -3.07. The van der Waals surface area contributed by atoms with Crippen molar-refractivity contribution in [2.45, 2.75) is 108 Å². The zero-order valence-electron chi connectivity index (χ0n) is 37.0. The summed E-state index contributed by atoms with van der Waals surface area (Å²) in [6, 6.07) is 8.56. The van der Waals surface area contributed by atoms with E-state index in [0.29, 0.717) is 82.9 Å². The maximum Gasteiger partial charge on any atom is 0.145 e. The van der Waals surface area contributed by atoms with Gasteiger partial charge in [-0.1, -0.05) is 78.4 Å². The first kappa shape index (κ1) is 49.0. The minimum Gasteiger partial charge on any atom is -0.396 e. The Kier molecular flexibility index (Phi) is 18.1. The third-order valence-corrected chi connectivity index (χ3v) is 14.6. The van der Waals surface area contributed by atoms with Crippen molar-refractivity contribution < 1.29 is 44.9 Å². The van der Waals surface area contributed by atoms with E-state index in [-0.39, 0.29) is 43.5 Å². The van der Waals surface area contributed by atoms with Crippen LogP contribution in [0.25, 0.3) is 0 Å². The standard InChI is InChI=1S/C50H74N2O9/c1-34(40-14-13-35(2)47(58)52-48(19-8-24-53,22-26-60-5)29-38-11-7-10-37(27-38)28-40)9-6-12-42(32-61-33-56)43-17-20-50(46(43)57)45-39(18-25-54)15-16-41(44(45)36(3)31-55)30-49(50,59)21-23-51-4/h6-7,9-13,15-16,27,31,39-41,43,45-47,51-54,56-59H,1,8,14,17-26,28-30,32-33H2,2-5H3/t39-,40-,41-,43+,45+,46+,47+,48-,49+,50+/m0/s1. The fourth-order valence-electron chi connectivity index (χ4n) is 11.4. The van der Waals surface area contributed by atoms with Crippen LogP contribution >= 0.6 is 0 Å². The molecule has 11 nitrogen and oxygen atoms in total. The number of fused-ring (bicyclic) bond motifs is 5. The lowest BCUT2D eigenvalue weighted by atomic mass is 9.45. The molecule has 338 valence electrons. The molecule has 1 aromatic carbocycles. The van der Waals surface area contributed by atoms with Crippen molar-refractivity contribution in [3.8, 4) is 0 Å². The number of rotatable bonds is 19. The second kappa shape index (κ2) is 22.5. The molecule has 10 atom stereocenters. The van der Waals surface area contributed by atoms with Crippen LogP contribution in [0.5, 0.6) is 0 Å². The number of aliphatic hydroxyl groups is 6. The molecule has 0 saturated heterocycles. The number of benzene rings is 1. The molecule has 0 unspecified atom stereocenters. The summed E-state index contributed by atoms with van der Waals surface area (Å²) in [6.45, 7) is 8.94. The van der Waals surface area contributed by atoms with Gasteiger partial charge < -0.3 is 45.4 Å². The van der Waals surface area contributed by atoms with Gasteiger partial charge in [-0.25, -0.2) is 0 Å². The molecule has 3 aliphatic carbocycles. The first-order valence-corrected chi connectivity index (χ1v) is 22.4. The molecule has 2 saturated carbocycles. The molecule has 0 amide bonds. The first-order chi connectivity index (χ1) is 29.4. The van der Waals surface area contributed by atoms with Crippen LogP contribution in [0.3, 0.4) is 0 Å². The molecule has 1 aliphatic heterocycles. The molecule has 5 rings (SSSR count). The van der Waals surface area contributed by atoms with E-state index in [0.717, 1.165) is 40.6 Å². The van der Waals surface area contributed by atoms with Crippen molar-refractivity contribution in [2.75, 3.05) is 53.9 Å². The van der Waals surface area contributed by atoms with Crippen LogP contribution in [0, 0.1) is 35.0 Å². The van der Waals surface area contributed by atoms with Gasteiger partial charge in [0, 0.05) is 49.7 Å². The monoisotopic (exact) mass is 847 g/mol. The van der Waals surface area contributed by atoms with Crippen molar-refractivity contribution in [3.05, 3.63) is 106 Å². The summed E-state index contributed by atoms with van der Waals surface area (Å²) in [7, 11) is 3.53. The van der Waals surface area contributed by atoms with E-state index in [2.05, 4.69) is 59.7 Å². The maximum atomic E-state index is 12.9. The number of hydrogen-bond donors (Lipinski definition) is 8. The molecule has 1 aromatic rings. The first-order valence-electron chi connectivity index (χ1n) is 22.4. The van der Waals surface area contributed by atoms with Crippen LogP contribution in [-0.4, -0.2) is 114 Å². The van der Waals surface area contributed by atoms with Gasteiger partial charge in [0.25, 0.3) is 0 Å². The molecule has 1 spiro atoms. The Morgan fingerprint density at radius 1 is 1.10 bits per heavy atom. The third-order valence-electron chi connectivity index (χ3n) is 14.6. The number of ether oxygens (including phenoxy) is 2. The average Bonchev–Trinajstić information content (AvgIpc) is 3.60. The summed E-state index contributed by atoms with van der Waals surface area (Å²) in [5.74, 6) is -1.06. The summed E-state index contributed by atoms with van der Waals surface area (Å²) in [4.78, 5) is 12.4. The highest BCUT2D eigenvalue weighted by molar-refractivity contribution is 5.74. The van der Waals surface area contributed by atoms with Crippen LogP contribution in [0.1, 0.15) is 82.8 Å². The average molecular weight is 847 g/mol. The van der Waals surface area contributed by atoms with Crippen molar-refractivity contribution in [1.82, 2.24) is 10.6 Å². The summed E-state index contributed by atoms with van der Waals surface area (Å²) in [5.41, 5.74) is 3.65. The smallest absolute Gasteiger partial charge is 0.145 e. The number of methoxy groups -OCH3 is 1. The van der Waals surface area contributed by atoms with E-state index in [9.17, 15) is 35.4 Å². The van der Waals surface area contributed by atoms with Gasteiger partial charge in [0.2, 0.25) is 0 Å². The van der Waals surface area contributed by atoms with Crippen molar-refractivity contribution in [2.24, 2.45) is 35.0 Å². The van der Waals surface area contributed by atoms with Gasteiger partial charge in [0.15, 0.2) is 0 Å². The minimum absolute atomic E-state index is 0.0121. The van der Waals surface area contributed by atoms with Gasteiger partial charge in [0.05, 0.1) is 18.3 Å². The summed E-state index contributed by atoms with van der Waals surface area (Å²) >= 11 is 0. The van der Waals surface area contributed by atoms with Crippen LogP contribution < -0.4 is 10.6 Å². The van der Waals surface area contributed by atoms with E-state index in [4.69, 9.17) is 9.47 Å². The van der Waals surface area contributed by atoms with Crippen LogP contribution in [0.15, 0.2) is 95.2 Å². The second-order valence-electron chi connectivity index (χ2n) is 18.3. The van der Waals surface area contributed by atoms with Crippen molar-refractivity contribution in [3.63, 3.8) is 0 Å². The highest BCUT2D eigenvalue weighted by Gasteiger charge is 2.68. The number of nitrogens with one attached hydrogen (secondary N) is 2. The van der Waals surface area contributed by atoms with Crippen molar-refractivity contribution in [1.29, 1.82) is 0 Å². The largest absolute Gasteiger partial charge is 0.396 e. The molecule has 4 bridgehead atoms. The van der Waals surface area contributed by atoms with Gasteiger partial charge in [-0.05, 0) is 144 Å². The zero-order chi connectivity index (χ0) is 44.2. The molecule has 4 aliphatic rings. The van der Waals surface area contributed by atoms with Crippen LogP contribution in [-0.2, 0) is 27.1 Å². The van der Waals surface area contributed by atoms with Gasteiger partial charge in [0.1, 0.15) is 19.3 Å². The van der Waals surface area contributed by atoms with E-state index in [1.54, 1.807) is 7.11 Å². The summed E-state index contributed by atoms with van der Waals surface area (Å²) in [6.07, 6.45) is 17.5. The van der Waals surface area contributed by atoms with Crippen LogP contribution in [0.4, 0.5) is 0 Å². The Morgan fingerprint density at radius 2 is 1.89 bits per heavy atom.